The molecule has 6 N–H and O–H groups in total. The molecule has 0 aromatic heterocycles. The molecule has 0 saturated heterocycles. The van der Waals surface area contributed by atoms with Gasteiger partial charge in [0.2, 0.25) is 11.8 Å². The van der Waals surface area contributed by atoms with E-state index in [2.05, 4.69) is 16.0 Å². The van der Waals surface area contributed by atoms with E-state index in [1.807, 2.05) is 0 Å². The van der Waals surface area contributed by atoms with Crippen molar-refractivity contribution in [1.82, 2.24) is 16.0 Å². The average Bonchev–Trinajstić information content (AvgIpc) is 2.22. The maximum absolute atomic E-state index is 11.5. The molecule has 0 spiro atoms. The van der Waals surface area contributed by atoms with Gasteiger partial charge in [0, 0.05) is 13.1 Å². The van der Waals surface area contributed by atoms with Crippen LogP contribution in [0.2, 0.25) is 0 Å². The van der Waals surface area contributed by atoms with Crippen molar-refractivity contribution >= 4 is 11.8 Å². The second-order valence-corrected chi connectivity index (χ2v) is 3.47. The van der Waals surface area contributed by atoms with E-state index in [1.54, 1.807) is 14.1 Å². The van der Waals surface area contributed by atoms with Crippen LogP contribution in [0.5, 0.6) is 0 Å². The number of likely N-dealkylation sites (N-methyl/N-ethyl adjacent to an activating group) is 2. The molecule has 0 bridgehead atoms. The number of rotatable bonds is 8. The summed E-state index contributed by atoms with van der Waals surface area (Å²) in [5.41, 5.74) is 4.99. The second kappa shape index (κ2) is 8.03. The summed E-state index contributed by atoms with van der Waals surface area (Å²) in [6.45, 7) is 0.525. The Morgan fingerprint density at radius 3 is 2.38 bits per heavy atom. The van der Waals surface area contributed by atoms with E-state index in [9.17, 15) is 14.7 Å². The summed E-state index contributed by atoms with van der Waals surface area (Å²) >= 11 is 0. The summed E-state index contributed by atoms with van der Waals surface area (Å²) in [4.78, 5) is 22.2. The van der Waals surface area contributed by atoms with Crippen LogP contribution in [0.4, 0.5) is 0 Å². The fourth-order valence-corrected chi connectivity index (χ4v) is 1.18. The van der Waals surface area contributed by atoms with Crippen LogP contribution >= 0.6 is 0 Å². The predicted molar refractivity (Wildman–Crippen MR) is 59.6 cm³/mol. The molecule has 0 heterocycles. The Morgan fingerprint density at radius 1 is 1.31 bits per heavy atom. The normalized spacial score (nSPS) is 14.2. The van der Waals surface area contributed by atoms with E-state index in [1.165, 1.54) is 0 Å². The van der Waals surface area contributed by atoms with Crippen molar-refractivity contribution in [3.8, 4) is 0 Å². The van der Waals surface area contributed by atoms with Crippen molar-refractivity contribution in [2.24, 2.45) is 5.73 Å². The van der Waals surface area contributed by atoms with Crippen molar-refractivity contribution in [2.75, 3.05) is 27.2 Å². The third-order valence-electron chi connectivity index (χ3n) is 2.02. The number of carbonyl (C=O) groups excluding carboxylic acids is 2. The molecule has 2 atom stereocenters. The molecule has 0 aliphatic rings. The van der Waals surface area contributed by atoms with Gasteiger partial charge in [-0.1, -0.05) is 0 Å². The van der Waals surface area contributed by atoms with Gasteiger partial charge in [0.15, 0.2) is 0 Å². The van der Waals surface area contributed by atoms with E-state index >= 15 is 0 Å². The van der Waals surface area contributed by atoms with Gasteiger partial charge in [0.1, 0.15) is 0 Å². The molecule has 0 saturated carbocycles. The molecule has 0 aliphatic heterocycles. The largest absolute Gasteiger partial charge is 0.390 e. The van der Waals surface area contributed by atoms with Crippen LogP contribution in [0.15, 0.2) is 0 Å². The van der Waals surface area contributed by atoms with Crippen LogP contribution in [0.3, 0.4) is 0 Å². The van der Waals surface area contributed by atoms with Crippen molar-refractivity contribution in [1.29, 1.82) is 0 Å². The summed E-state index contributed by atoms with van der Waals surface area (Å²) in [6, 6.07) is -0.653. The van der Waals surface area contributed by atoms with Gasteiger partial charge < -0.3 is 26.8 Å². The Hall–Kier alpha value is -1.18. The number of hydrogen-bond donors (Lipinski definition) is 5. The molecule has 0 radical (unpaired) electrons. The molecule has 0 fully saturated rings. The Bertz CT molecular complexity index is 235. The first kappa shape index (κ1) is 14.8. The van der Waals surface area contributed by atoms with E-state index in [4.69, 9.17) is 5.73 Å². The standard InChI is InChI=1S/C9H20N4O3/c1-11-4-6(14)5-13-9(16)7(12-2)3-8(10)15/h6-7,11-12,14H,3-5H2,1-2H3,(H2,10,15)(H,13,16)/t6?,7-/m0/s1. The van der Waals surface area contributed by atoms with Crippen LogP contribution < -0.4 is 21.7 Å². The maximum Gasteiger partial charge on any atom is 0.237 e. The summed E-state index contributed by atoms with van der Waals surface area (Å²) in [7, 11) is 3.27. The summed E-state index contributed by atoms with van der Waals surface area (Å²) in [6.07, 6.45) is -0.718. The number of primary amides is 1. The Labute approximate surface area is 94.8 Å². The lowest BCUT2D eigenvalue weighted by molar-refractivity contribution is -0.127. The van der Waals surface area contributed by atoms with Gasteiger partial charge in [-0.15, -0.1) is 0 Å². The van der Waals surface area contributed by atoms with Gasteiger partial charge in [-0.25, -0.2) is 0 Å². The molecule has 1 unspecified atom stereocenters. The predicted octanol–water partition coefficient (Wildman–Crippen LogP) is -2.85. The first-order valence-electron chi connectivity index (χ1n) is 5.07. The Kier molecular flexibility index (Phi) is 7.44. The number of nitrogens with two attached hydrogens (primary N) is 1. The molecule has 0 rings (SSSR count). The van der Waals surface area contributed by atoms with Crippen molar-refractivity contribution < 1.29 is 14.7 Å². The van der Waals surface area contributed by atoms with Gasteiger partial charge >= 0.3 is 0 Å². The van der Waals surface area contributed by atoms with Crippen LogP contribution in [0.25, 0.3) is 0 Å². The van der Waals surface area contributed by atoms with Crippen molar-refractivity contribution in [3.05, 3.63) is 0 Å². The first-order chi connectivity index (χ1) is 7.51. The molecular formula is C9H20N4O3. The number of amides is 2. The van der Waals surface area contributed by atoms with Gasteiger partial charge in [0.05, 0.1) is 18.6 Å². The SMILES string of the molecule is CNCC(O)CNC(=O)[C@H](CC(N)=O)NC. The number of nitrogens with one attached hydrogen (secondary N) is 3. The second-order valence-electron chi connectivity index (χ2n) is 3.47. The Morgan fingerprint density at radius 2 is 1.94 bits per heavy atom. The number of hydrogen-bond acceptors (Lipinski definition) is 5. The lowest BCUT2D eigenvalue weighted by Gasteiger charge is -2.16. The highest BCUT2D eigenvalue weighted by Crippen LogP contribution is 1.90. The molecule has 0 aliphatic carbocycles. The smallest absolute Gasteiger partial charge is 0.237 e. The quantitative estimate of drug-likeness (QED) is 0.309. The minimum Gasteiger partial charge on any atom is -0.390 e. The van der Waals surface area contributed by atoms with E-state index in [0.29, 0.717) is 6.54 Å². The third-order valence-corrected chi connectivity index (χ3v) is 2.02. The monoisotopic (exact) mass is 232 g/mol. The lowest BCUT2D eigenvalue weighted by Crippen LogP contribution is -2.47. The molecule has 7 nitrogen and oxygen atoms in total. The molecule has 0 aromatic carbocycles. The summed E-state index contributed by atoms with van der Waals surface area (Å²) < 4.78 is 0. The highest BCUT2D eigenvalue weighted by atomic mass is 16.3. The fraction of sp³-hybridized carbons (Fsp3) is 0.778. The number of aliphatic hydroxyl groups excluding tert-OH is 1. The lowest BCUT2D eigenvalue weighted by atomic mass is 10.2. The average molecular weight is 232 g/mol. The minimum atomic E-state index is -0.653. The van der Waals surface area contributed by atoms with Crippen LogP contribution in [-0.2, 0) is 9.59 Å². The van der Waals surface area contributed by atoms with E-state index in [-0.39, 0.29) is 18.9 Å². The molecule has 94 valence electrons. The third kappa shape index (κ3) is 6.33. The van der Waals surface area contributed by atoms with Gasteiger partial charge in [0.25, 0.3) is 0 Å². The summed E-state index contributed by atoms with van der Waals surface area (Å²) in [5, 5.41) is 17.3. The maximum atomic E-state index is 11.5. The topological polar surface area (TPSA) is 116 Å². The highest BCUT2D eigenvalue weighted by Gasteiger charge is 2.18. The molecular weight excluding hydrogens is 212 g/mol. The summed E-state index contributed by atoms with van der Waals surface area (Å²) in [5.74, 6) is -0.901. The minimum absolute atomic E-state index is 0.0650. The van der Waals surface area contributed by atoms with E-state index in [0.717, 1.165) is 0 Å². The number of aliphatic hydroxyl groups is 1. The first-order valence-corrected chi connectivity index (χ1v) is 5.07. The van der Waals surface area contributed by atoms with Crippen LogP contribution in [-0.4, -0.2) is 56.3 Å². The van der Waals surface area contributed by atoms with E-state index < -0.39 is 18.1 Å². The molecule has 16 heavy (non-hydrogen) atoms. The molecule has 2 amide bonds. The molecule has 0 aromatic rings. The zero-order valence-electron chi connectivity index (χ0n) is 9.62. The van der Waals surface area contributed by atoms with Crippen LogP contribution in [0.1, 0.15) is 6.42 Å². The fourth-order valence-electron chi connectivity index (χ4n) is 1.18. The van der Waals surface area contributed by atoms with Crippen molar-refractivity contribution in [2.45, 2.75) is 18.6 Å². The highest BCUT2D eigenvalue weighted by molar-refractivity contribution is 5.87. The number of carbonyl (C=O) groups is 2. The zero-order valence-corrected chi connectivity index (χ0v) is 9.62. The van der Waals surface area contributed by atoms with Gasteiger partial charge in [-0.2, -0.15) is 0 Å². The molecule has 7 heteroatoms. The van der Waals surface area contributed by atoms with Crippen molar-refractivity contribution in [3.63, 3.8) is 0 Å². The zero-order chi connectivity index (χ0) is 12.6. The van der Waals surface area contributed by atoms with Gasteiger partial charge in [-0.05, 0) is 14.1 Å². The van der Waals surface area contributed by atoms with Crippen LogP contribution in [0, 0.1) is 0 Å². The van der Waals surface area contributed by atoms with Gasteiger partial charge in [-0.3, -0.25) is 9.59 Å². The Balaban J connectivity index is 3.97.